The van der Waals surface area contributed by atoms with Crippen LogP contribution in [0.2, 0.25) is 0 Å². The van der Waals surface area contributed by atoms with E-state index in [1.807, 2.05) is 20.8 Å². The Morgan fingerprint density at radius 1 is 1.33 bits per heavy atom. The predicted molar refractivity (Wildman–Crippen MR) is 64.4 cm³/mol. The smallest absolute Gasteiger partial charge is 0.240 e. The Kier molecular flexibility index (Phi) is 5.29. The van der Waals surface area contributed by atoms with Gasteiger partial charge in [0.05, 0.1) is 6.04 Å². The molecule has 0 saturated heterocycles. The molecule has 0 rings (SSSR count). The number of rotatable bonds is 5. The Morgan fingerprint density at radius 3 is 2.00 bits per heavy atom. The van der Waals surface area contributed by atoms with Crippen LogP contribution in [0.25, 0.3) is 0 Å². The van der Waals surface area contributed by atoms with E-state index in [2.05, 4.69) is 13.2 Å². The van der Waals surface area contributed by atoms with Gasteiger partial charge in [0.2, 0.25) is 5.91 Å². The highest BCUT2D eigenvalue weighted by molar-refractivity contribution is 5.82. The lowest BCUT2D eigenvalue weighted by Crippen LogP contribution is -2.50. The average Bonchev–Trinajstić information content (AvgIpc) is 2.14. The van der Waals surface area contributed by atoms with Gasteiger partial charge in [0.1, 0.15) is 0 Å². The predicted octanol–water partition coefficient (Wildman–Crippen LogP) is 1.56. The Bertz CT molecular complexity index is 230. The lowest BCUT2D eigenvalue weighted by molar-refractivity contribution is -0.133. The lowest BCUT2D eigenvalue weighted by Gasteiger charge is -2.31. The second-order valence-electron chi connectivity index (χ2n) is 4.66. The van der Waals surface area contributed by atoms with Crippen LogP contribution in [0.15, 0.2) is 25.3 Å². The van der Waals surface area contributed by atoms with Crippen LogP contribution in [0.1, 0.15) is 20.8 Å². The van der Waals surface area contributed by atoms with Gasteiger partial charge in [0, 0.05) is 13.1 Å². The maximum atomic E-state index is 12.0. The highest BCUT2D eigenvalue weighted by atomic mass is 16.2. The quantitative estimate of drug-likeness (QED) is 0.700. The largest absolute Gasteiger partial charge is 0.334 e. The van der Waals surface area contributed by atoms with Crippen LogP contribution in [0, 0.1) is 5.41 Å². The highest BCUT2D eigenvalue weighted by Gasteiger charge is 2.30. The number of carbonyl (C=O) groups excluding carboxylic acids is 1. The van der Waals surface area contributed by atoms with Crippen molar-refractivity contribution < 1.29 is 4.79 Å². The average molecular weight is 210 g/mol. The molecule has 0 aromatic carbocycles. The molecular formula is C12H22N2O. The minimum Gasteiger partial charge on any atom is -0.334 e. The normalized spacial score (nSPS) is 13.1. The van der Waals surface area contributed by atoms with Gasteiger partial charge in [-0.25, -0.2) is 0 Å². The van der Waals surface area contributed by atoms with Crippen molar-refractivity contribution in [2.24, 2.45) is 11.1 Å². The first kappa shape index (κ1) is 13.9. The molecule has 0 aliphatic carbocycles. The number of nitrogens with two attached hydrogens (primary N) is 1. The van der Waals surface area contributed by atoms with E-state index in [9.17, 15) is 4.79 Å². The summed E-state index contributed by atoms with van der Waals surface area (Å²) < 4.78 is 0. The molecule has 1 amide bonds. The standard InChI is InChI=1S/C12H22N2O/c1-6-8-14(9-7-2)11(15)10(13)12(3,4)5/h6-7,10H,1-2,8-9,13H2,3-5H3/t10-/m1/s1. The third-order valence-corrected chi connectivity index (χ3v) is 2.21. The Hall–Kier alpha value is -1.09. The fourth-order valence-electron chi connectivity index (χ4n) is 1.13. The Labute approximate surface area is 92.6 Å². The van der Waals surface area contributed by atoms with Crippen LogP contribution < -0.4 is 5.73 Å². The molecule has 2 N–H and O–H groups in total. The third-order valence-electron chi connectivity index (χ3n) is 2.21. The van der Waals surface area contributed by atoms with E-state index >= 15 is 0 Å². The van der Waals surface area contributed by atoms with Crippen LogP contribution in [-0.4, -0.2) is 29.9 Å². The Balaban J connectivity index is 4.62. The van der Waals surface area contributed by atoms with Gasteiger partial charge >= 0.3 is 0 Å². The van der Waals surface area contributed by atoms with Crippen molar-refractivity contribution in [1.82, 2.24) is 4.90 Å². The minimum absolute atomic E-state index is 0.0534. The van der Waals surface area contributed by atoms with E-state index in [4.69, 9.17) is 5.73 Å². The SMILES string of the molecule is C=CCN(CC=C)C(=O)[C@@H](N)C(C)(C)C. The molecule has 3 nitrogen and oxygen atoms in total. The third kappa shape index (κ3) is 4.30. The van der Waals surface area contributed by atoms with Gasteiger partial charge in [0.15, 0.2) is 0 Å². The summed E-state index contributed by atoms with van der Waals surface area (Å²) in [6.45, 7) is 14.1. The number of hydrogen-bond donors (Lipinski definition) is 1. The summed E-state index contributed by atoms with van der Waals surface area (Å²) in [5.74, 6) is -0.0534. The first-order valence-electron chi connectivity index (χ1n) is 5.10. The van der Waals surface area contributed by atoms with Gasteiger partial charge in [-0.2, -0.15) is 0 Å². The van der Waals surface area contributed by atoms with Gasteiger partial charge in [-0.05, 0) is 5.41 Å². The van der Waals surface area contributed by atoms with Gasteiger partial charge in [-0.15, -0.1) is 13.2 Å². The molecule has 86 valence electrons. The maximum absolute atomic E-state index is 12.0. The summed E-state index contributed by atoms with van der Waals surface area (Å²) in [7, 11) is 0. The lowest BCUT2D eigenvalue weighted by atomic mass is 9.86. The van der Waals surface area contributed by atoms with Crippen molar-refractivity contribution in [3.63, 3.8) is 0 Å². The fraction of sp³-hybridized carbons (Fsp3) is 0.583. The molecule has 0 saturated carbocycles. The zero-order chi connectivity index (χ0) is 12.1. The van der Waals surface area contributed by atoms with Crippen molar-refractivity contribution in [2.45, 2.75) is 26.8 Å². The number of carbonyl (C=O) groups is 1. The van der Waals surface area contributed by atoms with Crippen molar-refractivity contribution in [2.75, 3.05) is 13.1 Å². The zero-order valence-electron chi connectivity index (χ0n) is 9.99. The molecule has 0 aliphatic heterocycles. The maximum Gasteiger partial charge on any atom is 0.240 e. The van der Waals surface area contributed by atoms with Crippen LogP contribution in [0.5, 0.6) is 0 Å². The second kappa shape index (κ2) is 5.71. The van der Waals surface area contributed by atoms with Crippen molar-refractivity contribution >= 4 is 5.91 Å². The summed E-state index contributed by atoms with van der Waals surface area (Å²) >= 11 is 0. The van der Waals surface area contributed by atoms with E-state index < -0.39 is 6.04 Å². The monoisotopic (exact) mass is 210 g/mol. The molecule has 0 unspecified atom stereocenters. The zero-order valence-corrected chi connectivity index (χ0v) is 9.99. The van der Waals surface area contributed by atoms with E-state index in [0.717, 1.165) is 0 Å². The summed E-state index contributed by atoms with van der Waals surface area (Å²) in [6.07, 6.45) is 3.38. The van der Waals surface area contributed by atoms with E-state index in [-0.39, 0.29) is 11.3 Å². The molecule has 0 bridgehead atoms. The summed E-state index contributed by atoms with van der Waals surface area (Å²) in [4.78, 5) is 13.6. The molecule has 1 atom stereocenters. The van der Waals surface area contributed by atoms with E-state index in [0.29, 0.717) is 13.1 Å². The van der Waals surface area contributed by atoms with Gasteiger partial charge < -0.3 is 10.6 Å². The first-order valence-corrected chi connectivity index (χ1v) is 5.10. The molecule has 0 heterocycles. The minimum atomic E-state index is -0.489. The van der Waals surface area contributed by atoms with E-state index in [1.54, 1.807) is 17.1 Å². The molecule has 0 aromatic rings. The molecule has 0 radical (unpaired) electrons. The van der Waals surface area contributed by atoms with E-state index in [1.165, 1.54) is 0 Å². The Morgan fingerprint density at radius 2 is 1.73 bits per heavy atom. The fourth-order valence-corrected chi connectivity index (χ4v) is 1.13. The molecular weight excluding hydrogens is 188 g/mol. The molecule has 3 heteroatoms. The topological polar surface area (TPSA) is 46.3 Å². The van der Waals surface area contributed by atoms with Crippen molar-refractivity contribution in [3.05, 3.63) is 25.3 Å². The number of hydrogen-bond acceptors (Lipinski definition) is 2. The summed E-state index contributed by atoms with van der Waals surface area (Å²) in [6, 6.07) is -0.489. The first-order chi connectivity index (χ1) is 6.84. The highest BCUT2D eigenvalue weighted by Crippen LogP contribution is 2.19. The number of amides is 1. The molecule has 0 fully saturated rings. The van der Waals surface area contributed by atoms with Crippen molar-refractivity contribution in [3.8, 4) is 0 Å². The van der Waals surface area contributed by atoms with Crippen LogP contribution in [0.4, 0.5) is 0 Å². The molecule has 0 aromatic heterocycles. The van der Waals surface area contributed by atoms with Gasteiger partial charge in [0.25, 0.3) is 0 Å². The summed E-state index contributed by atoms with van der Waals surface area (Å²) in [5, 5.41) is 0. The van der Waals surface area contributed by atoms with Crippen molar-refractivity contribution in [1.29, 1.82) is 0 Å². The molecule has 15 heavy (non-hydrogen) atoms. The van der Waals surface area contributed by atoms with Gasteiger partial charge in [-0.1, -0.05) is 32.9 Å². The molecule has 0 spiro atoms. The van der Waals surface area contributed by atoms with Crippen LogP contribution in [-0.2, 0) is 4.79 Å². The second-order valence-corrected chi connectivity index (χ2v) is 4.66. The number of nitrogens with zero attached hydrogens (tertiary/aromatic N) is 1. The molecule has 0 aliphatic rings. The van der Waals surface area contributed by atoms with Crippen LogP contribution >= 0.6 is 0 Å². The van der Waals surface area contributed by atoms with Crippen LogP contribution in [0.3, 0.4) is 0 Å². The summed E-state index contributed by atoms with van der Waals surface area (Å²) in [5.41, 5.74) is 5.67. The van der Waals surface area contributed by atoms with Gasteiger partial charge in [-0.3, -0.25) is 4.79 Å².